The average Bonchev–Trinajstić information content (AvgIpc) is 2.27. The summed E-state index contributed by atoms with van der Waals surface area (Å²) in [6.07, 6.45) is -0.503. The Bertz CT molecular complexity index is 479. The van der Waals surface area contributed by atoms with Gasteiger partial charge in [0.2, 0.25) is 0 Å². The van der Waals surface area contributed by atoms with Gasteiger partial charge >= 0.3 is 12.1 Å². The molecule has 2 unspecified atom stereocenters. The van der Waals surface area contributed by atoms with E-state index in [4.69, 9.17) is 4.74 Å². The second kappa shape index (κ2) is 5.99. The summed E-state index contributed by atoms with van der Waals surface area (Å²) in [5, 5.41) is 2.55. The predicted molar refractivity (Wildman–Crippen MR) is 71.9 cm³/mol. The van der Waals surface area contributed by atoms with E-state index in [1.54, 1.807) is 20.8 Å². The summed E-state index contributed by atoms with van der Waals surface area (Å²) in [7, 11) is -2.10. The minimum absolute atomic E-state index is 0.0685. The molecule has 1 rings (SSSR count). The topological polar surface area (TPSA) is 98.8 Å². The lowest BCUT2D eigenvalue weighted by Gasteiger charge is -2.31. The molecule has 0 aromatic rings. The number of rotatable bonds is 2. The van der Waals surface area contributed by atoms with Crippen molar-refractivity contribution in [3.63, 3.8) is 0 Å². The van der Waals surface area contributed by atoms with Crippen molar-refractivity contribution in [2.75, 3.05) is 18.6 Å². The fraction of sp³-hybridized carbons (Fsp3) is 0.833. The molecule has 1 heterocycles. The number of alkyl carbamates (subject to hydrolysis) is 1. The SMILES string of the molecule is COC(=O)C1CS(=O)(=O)CCC1NC(=O)OC(C)(C)C. The molecule has 7 nitrogen and oxygen atoms in total. The van der Waals surface area contributed by atoms with Gasteiger partial charge in [-0.1, -0.05) is 0 Å². The third-order valence-electron chi connectivity index (χ3n) is 2.87. The van der Waals surface area contributed by atoms with Crippen LogP contribution in [0.2, 0.25) is 0 Å². The molecule has 1 aliphatic heterocycles. The van der Waals surface area contributed by atoms with Crippen LogP contribution in [0.1, 0.15) is 27.2 Å². The second-order valence-electron chi connectivity index (χ2n) is 5.79. The quantitative estimate of drug-likeness (QED) is 0.745. The van der Waals surface area contributed by atoms with Crippen molar-refractivity contribution in [3.8, 4) is 0 Å². The van der Waals surface area contributed by atoms with Crippen LogP contribution in [0.4, 0.5) is 4.79 Å². The van der Waals surface area contributed by atoms with Gasteiger partial charge in [0, 0.05) is 6.04 Å². The summed E-state index contributed by atoms with van der Waals surface area (Å²) >= 11 is 0. The molecule has 0 aromatic carbocycles. The fourth-order valence-corrected chi connectivity index (χ4v) is 3.69. The number of amides is 1. The number of hydrogen-bond acceptors (Lipinski definition) is 6. The standard InChI is InChI=1S/C12H21NO6S/c1-12(2,3)19-11(15)13-9-5-6-20(16,17)7-8(9)10(14)18-4/h8-9H,5-7H2,1-4H3,(H,13,15). The van der Waals surface area contributed by atoms with Crippen molar-refractivity contribution >= 4 is 21.9 Å². The van der Waals surface area contributed by atoms with E-state index in [1.807, 2.05) is 0 Å². The molecule has 0 saturated carbocycles. The zero-order valence-corrected chi connectivity index (χ0v) is 13.0. The van der Waals surface area contributed by atoms with Crippen LogP contribution < -0.4 is 5.32 Å². The number of methoxy groups -OCH3 is 1. The van der Waals surface area contributed by atoms with Crippen molar-refractivity contribution in [2.24, 2.45) is 5.92 Å². The monoisotopic (exact) mass is 307 g/mol. The highest BCUT2D eigenvalue weighted by Crippen LogP contribution is 2.21. The Morgan fingerprint density at radius 2 is 1.85 bits per heavy atom. The van der Waals surface area contributed by atoms with E-state index >= 15 is 0 Å². The first-order valence-electron chi connectivity index (χ1n) is 6.32. The van der Waals surface area contributed by atoms with E-state index in [9.17, 15) is 18.0 Å². The Kier molecular flexibility index (Phi) is 5.01. The van der Waals surface area contributed by atoms with Crippen molar-refractivity contribution in [3.05, 3.63) is 0 Å². The van der Waals surface area contributed by atoms with Gasteiger partial charge in [0.1, 0.15) is 5.60 Å². The van der Waals surface area contributed by atoms with Crippen LogP contribution in [0.5, 0.6) is 0 Å². The molecule has 1 fully saturated rings. The highest BCUT2D eigenvalue weighted by atomic mass is 32.2. The van der Waals surface area contributed by atoms with Gasteiger partial charge in [-0.2, -0.15) is 0 Å². The molecule has 8 heteroatoms. The predicted octanol–water partition coefficient (Wildman–Crippen LogP) is 0.487. The Morgan fingerprint density at radius 1 is 1.25 bits per heavy atom. The molecular weight excluding hydrogens is 286 g/mol. The molecule has 116 valence electrons. The number of sulfone groups is 1. The van der Waals surface area contributed by atoms with E-state index in [0.717, 1.165) is 0 Å². The van der Waals surface area contributed by atoms with Gasteiger partial charge in [-0.15, -0.1) is 0 Å². The number of carbonyl (C=O) groups excluding carboxylic acids is 2. The lowest BCUT2D eigenvalue weighted by atomic mass is 9.99. The third-order valence-corrected chi connectivity index (χ3v) is 4.59. The van der Waals surface area contributed by atoms with Crippen LogP contribution in [-0.4, -0.2) is 50.7 Å². The maximum Gasteiger partial charge on any atom is 0.407 e. The Labute approximate surface area is 118 Å². The number of esters is 1. The summed E-state index contributed by atoms with van der Waals surface area (Å²) in [5.74, 6) is -1.93. The number of carbonyl (C=O) groups is 2. The van der Waals surface area contributed by atoms with Gasteiger partial charge in [-0.3, -0.25) is 4.79 Å². The summed E-state index contributed by atoms with van der Waals surface area (Å²) < 4.78 is 32.9. The average molecular weight is 307 g/mol. The molecule has 0 bridgehead atoms. The van der Waals surface area contributed by atoms with E-state index in [-0.39, 0.29) is 17.9 Å². The number of ether oxygens (including phenoxy) is 2. The zero-order valence-electron chi connectivity index (χ0n) is 12.1. The zero-order chi connectivity index (χ0) is 15.6. The molecule has 0 spiro atoms. The molecule has 0 aliphatic carbocycles. The second-order valence-corrected chi connectivity index (χ2v) is 8.01. The van der Waals surface area contributed by atoms with Crippen LogP contribution in [0.25, 0.3) is 0 Å². The first-order chi connectivity index (χ1) is 9.04. The lowest BCUT2D eigenvalue weighted by Crippen LogP contribution is -2.51. The molecule has 1 saturated heterocycles. The third kappa shape index (κ3) is 4.99. The lowest BCUT2D eigenvalue weighted by molar-refractivity contribution is -0.145. The fourth-order valence-electron chi connectivity index (χ4n) is 2.00. The Hall–Kier alpha value is -1.31. The van der Waals surface area contributed by atoms with Crippen LogP contribution in [0.15, 0.2) is 0 Å². The minimum atomic E-state index is -3.28. The van der Waals surface area contributed by atoms with Crippen LogP contribution in [0.3, 0.4) is 0 Å². The summed E-state index contributed by atoms with van der Waals surface area (Å²) in [4.78, 5) is 23.4. The number of nitrogens with one attached hydrogen (secondary N) is 1. The van der Waals surface area contributed by atoms with Crippen molar-refractivity contribution in [2.45, 2.75) is 38.8 Å². The van der Waals surface area contributed by atoms with E-state index in [1.165, 1.54) is 7.11 Å². The van der Waals surface area contributed by atoms with E-state index < -0.39 is 39.5 Å². The van der Waals surface area contributed by atoms with Crippen molar-refractivity contribution in [1.29, 1.82) is 0 Å². The normalized spacial score (nSPS) is 25.6. The summed E-state index contributed by atoms with van der Waals surface area (Å²) in [6, 6.07) is -0.596. The largest absolute Gasteiger partial charge is 0.469 e. The molecule has 20 heavy (non-hydrogen) atoms. The number of hydrogen-bond donors (Lipinski definition) is 1. The highest BCUT2D eigenvalue weighted by Gasteiger charge is 2.39. The van der Waals surface area contributed by atoms with Gasteiger partial charge in [-0.25, -0.2) is 13.2 Å². The summed E-state index contributed by atoms with van der Waals surface area (Å²) in [6.45, 7) is 5.15. The van der Waals surface area contributed by atoms with E-state index in [0.29, 0.717) is 0 Å². The Morgan fingerprint density at radius 3 is 2.35 bits per heavy atom. The van der Waals surface area contributed by atoms with Gasteiger partial charge in [0.05, 0.1) is 24.5 Å². The maximum atomic E-state index is 11.7. The smallest absolute Gasteiger partial charge is 0.407 e. The van der Waals surface area contributed by atoms with Crippen molar-refractivity contribution < 1.29 is 27.5 Å². The Balaban J connectivity index is 2.76. The van der Waals surface area contributed by atoms with Crippen LogP contribution in [-0.2, 0) is 24.1 Å². The first kappa shape index (κ1) is 16.7. The summed E-state index contributed by atoms with van der Waals surface area (Å²) in [5.41, 5.74) is -0.661. The van der Waals surface area contributed by atoms with Crippen LogP contribution >= 0.6 is 0 Å². The van der Waals surface area contributed by atoms with Gasteiger partial charge < -0.3 is 14.8 Å². The maximum absolute atomic E-state index is 11.7. The minimum Gasteiger partial charge on any atom is -0.469 e. The highest BCUT2D eigenvalue weighted by molar-refractivity contribution is 7.91. The van der Waals surface area contributed by atoms with Gasteiger partial charge in [0.25, 0.3) is 0 Å². The van der Waals surface area contributed by atoms with Gasteiger partial charge in [0.15, 0.2) is 9.84 Å². The van der Waals surface area contributed by atoms with E-state index in [2.05, 4.69) is 10.1 Å². The van der Waals surface area contributed by atoms with Gasteiger partial charge in [-0.05, 0) is 27.2 Å². The molecule has 1 N–H and O–H groups in total. The molecule has 2 atom stereocenters. The van der Waals surface area contributed by atoms with Crippen LogP contribution in [0, 0.1) is 5.92 Å². The first-order valence-corrected chi connectivity index (χ1v) is 8.14. The molecule has 0 radical (unpaired) electrons. The molecule has 0 aromatic heterocycles. The molecule has 1 amide bonds. The molecular formula is C12H21NO6S. The van der Waals surface area contributed by atoms with Crippen molar-refractivity contribution in [1.82, 2.24) is 5.32 Å². The molecule has 1 aliphatic rings.